The van der Waals surface area contributed by atoms with E-state index in [2.05, 4.69) is 5.32 Å². The van der Waals surface area contributed by atoms with E-state index in [1.54, 1.807) is 26.2 Å². The van der Waals surface area contributed by atoms with Crippen LogP contribution in [0.2, 0.25) is 0 Å². The smallest absolute Gasteiger partial charge is 0.251 e. The molecule has 1 heterocycles. The topological polar surface area (TPSA) is 47.6 Å². The lowest BCUT2D eigenvalue weighted by Crippen LogP contribution is -2.50. The van der Waals surface area contributed by atoms with Crippen molar-refractivity contribution in [2.45, 2.75) is 31.9 Å². The van der Waals surface area contributed by atoms with E-state index in [9.17, 15) is 9.18 Å². The minimum atomic E-state index is -0.230. The monoisotopic (exact) mass is 357 g/mol. The number of carbonyl (C=O) groups excluding carboxylic acids is 1. The van der Waals surface area contributed by atoms with Crippen LogP contribution >= 0.6 is 0 Å². The number of rotatable bonds is 5. The fraction of sp³-hybridized carbons (Fsp3) is 0.381. The second-order valence-corrected chi connectivity index (χ2v) is 6.64. The largest absolute Gasteiger partial charge is 0.379 e. The van der Waals surface area contributed by atoms with Crippen LogP contribution in [0, 0.1) is 12.7 Å². The Morgan fingerprint density at radius 2 is 2.12 bits per heavy atom. The van der Waals surface area contributed by atoms with Gasteiger partial charge < -0.3 is 14.8 Å². The molecule has 2 aromatic carbocycles. The van der Waals surface area contributed by atoms with E-state index in [0.717, 1.165) is 17.5 Å². The maximum atomic E-state index is 13.8. The Labute approximate surface area is 153 Å². The molecule has 1 aliphatic heterocycles. The Hall–Kier alpha value is -2.24. The Bertz CT molecular complexity index is 778. The summed E-state index contributed by atoms with van der Waals surface area (Å²) in [6.07, 6.45) is 1.20. The van der Waals surface area contributed by atoms with Gasteiger partial charge in [-0.25, -0.2) is 4.39 Å². The lowest BCUT2D eigenvalue weighted by Gasteiger charge is -2.31. The second kappa shape index (κ2) is 8.43. The van der Waals surface area contributed by atoms with E-state index >= 15 is 0 Å². The summed E-state index contributed by atoms with van der Waals surface area (Å²) in [6, 6.07) is 12.4. The summed E-state index contributed by atoms with van der Waals surface area (Å²) < 4.78 is 24.7. The molecule has 1 aliphatic rings. The molecule has 5 heteroatoms. The lowest BCUT2D eigenvalue weighted by atomic mass is 9.98. The molecule has 3 rings (SSSR count). The van der Waals surface area contributed by atoms with Gasteiger partial charge in [0.15, 0.2) is 0 Å². The summed E-state index contributed by atoms with van der Waals surface area (Å²) in [5.74, 6) is -0.391. The van der Waals surface area contributed by atoms with E-state index in [0.29, 0.717) is 30.8 Å². The summed E-state index contributed by atoms with van der Waals surface area (Å²) >= 11 is 0. The first kappa shape index (κ1) is 18.5. The van der Waals surface area contributed by atoms with Crippen molar-refractivity contribution in [2.24, 2.45) is 0 Å². The second-order valence-electron chi connectivity index (χ2n) is 6.64. The minimum absolute atomic E-state index is 0.0499. The molecule has 1 fully saturated rings. The molecular weight excluding hydrogens is 333 g/mol. The van der Waals surface area contributed by atoms with Crippen molar-refractivity contribution in [1.29, 1.82) is 0 Å². The molecule has 1 saturated heterocycles. The first-order valence-electron chi connectivity index (χ1n) is 8.83. The van der Waals surface area contributed by atoms with Crippen molar-refractivity contribution >= 4 is 5.91 Å². The number of amides is 1. The zero-order chi connectivity index (χ0) is 18.5. The first-order chi connectivity index (χ1) is 12.6. The third-order valence-electron chi connectivity index (χ3n) is 4.80. The fourth-order valence-electron chi connectivity index (χ4n) is 3.24. The van der Waals surface area contributed by atoms with Crippen LogP contribution in [0.3, 0.4) is 0 Å². The van der Waals surface area contributed by atoms with E-state index in [4.69, 9.17) is 9.47 Å². The highest BCUT2D eigenvalue weighted by molar-refractivity contribution is 5.96. The first-order valence-corrected chi connectivity index (χ1v) is 8.83. The Morgan fingerprint density at radius 1 is 1.31 bits per heavy atom. The van der Waals surface area contributed by atoms with Crippen molar-refractivity contribution in [1.82, 2.24) is 5.32 Å². The zero-order valence-corrected chi connectivity index (χ0v) is 15.1. The molecule has 0 saturated carbocycles. The molecule has 1 amide bonds. The van der Waals surface area contributed by atoms with Gasteiger partial charge in [-0.1, -0.05) is 30.3 Å². The molecule has 4 nitrogen and oxygen atoms in total. The predicted molar refractivity (Wildman–Crippen MR) is 97.9 cm³/mol. The molecule has 0 spiro atoms. The van der Waals surface area contributed by atoms with Crippen LogP contribution in [0.15, 0.2) is 42.5 Å². The van der Waals surface area contributed by atoms with Crippen molar-refractivity contribution < 1.29 is 18.7 Å². The van der Waals surface area contributed by atoms with Crippen molar-refractivity contribution in [3.8, 4) is 0 Å². The van der Waals surface area contributed by atoms with Crippen LogP contribution in [0.4, 0.5) is 4.39 Å². The third-order valence-corrected chi connectivity index (χ3v) is 4.80. The molecule has 0 unspecified atom stereocenters. The van der Waals surface area contributed by atoms with Gasteiger partial charge in [0.05, 0.1) is 18.8 Å². The predicted octanol–water partition coefficient (Wildman–Crippen LogP) is 3.26. The van der Waals surface area contributed by atoms with E-state index in [1.807, 2.05) is 24.3 Å². The maximum absolute atomic E-state index is 13.8. The lowest BCUT2D eigenvalue weighted by molar-refractivity contribution is -0.0349. The minimum Gasteiger partial charge on any atom is -0.379 e. The highest BCUT2D eigenvalue weighted by atomic mass is 19.1. The quantitative estimate of drug-likeness (QED) is 0.894. The number of benzene rings is 2. The number of nitrogens with one attached hydrogen (secondary N) is 1. The molecule has 0 radical (unpaired) electrons. The SMILES string of the molecule is CO[C@H]1CCOC[C@@H]1NC(=O)c1ccccc1Cc1ccc(C)c(F)c1. The van der Waals surface area contributed by atoms with Crippen molar-refractivity contribution in [2.75, 3.05) is 20.3 Å². The highest BCUT2D eigenvalue weighted by Gasteiger charge is 2.27. The molecule has 0 aromatic heterocycles. The van der Waals surface area contributed by atoms with Gasteiger partial charge in [-0.3, -0.25) is 4.79 Å². The van der Waals surface area contributed by atoms with Gasteiger partial charge in [0.1, 0.15) is 5.82 Å². The number of halogens is 1. The van der Waals surface area contributed by atoms with E-state index in [-0.39, 0.29) is 23.9 Å². The summed E-state index contributed by atoms with van der Waals surface area (Å²) in [5.41, 5.74) is 2.90. The van der Waals surface area contributed by atoms with Crippen LogP contribution in [0.25, 0.3) is 0 Å². The standard InChI is InChI=1S/C21H24FNO3/c1-14-7-8-15(12-18(14)22)11-16-5-3-4-6-17(16)21(24)23-19-13-26-10-9-20(19)25-2/h3-8,12,19-20H,9-11,13H2,1-2H3,(H,23,24)/t19-,20-/m0/s1. The average molecular weight is 357 g/mol. The van der Waals surface area contributed by atoms with Crippen LogP contribution in [0.5, 0.6) is 0 Å². The Kier molecular flexibility index (Phi) is 6.01. The van der Waals surface area contributed by atoms with Crippen LogP contribution in [-0.4, -0.2) is 38.4 Å². The summed E-state index contributed by atoms with van der Waals surface area (Å²) in [6.45, 7) is 2.81. The van der Waals surface area contributed by atoms with Gasteiger partial charge in [0, 0.05) is 19.3 Å². The average Bonchev–Trinajstić information content (AvgIpc) is 2.65. The molecular formula is C21H24FNO3. The maximum Gasteiger partial charge on any atom is 0.251 e. The van der Waals surface area contributed by atoms with E-state index in [1.165, 1.54) is 6.07 Å². The van der Waals surface area contributed by atoms with Crippen molar-refractivity contribution in [3.63, 3.8) is 0 Å². The van der Waals surface area contributed by atoms with Crippen LogP contribution in [0.1, 0.15) is 33.5 Å². The molecule has 1 N–H and O–H groups in total. The van der Waals surface area contributed by atoms with Crippen molar-refractivity contribution in [3.05, 3.63) is 70.5 Å². The highest BCUT2D eigenvalue weighted by Crippen LogP contribution is 2.18. The normalized spacial score (nSPS) is 20.0. The van der Waals surface area contributed by atoms with Crippen LogP contribution in [-0.2, 0) is 15.9 Å². The van der Waals surface area contributed by atoms with Gasteiger partial charge in [-0.05, 0) is 48.6 Å². The molecule has 26 heavy (non-hydrogen) atoms. The van der Waals surface area contributed by atoms with Gasteiger partial charge >= 0.3 is 0 Å². The number of ether oxygens (including phenoxy) is 2. The summed E-state index contributed by atoms with van der Waals surface area (Å²) in [5, 5.41) is 3.02. The molecule has 0 aliphatic carbocycles. The van der Waals surface area contributed by atoms with E-state index < -0.39 is 0 Å². The summed E-state index contributed by atoms with van der Waals surface area (Å²) in [7, 11) is 1.65. The summed E-state index contributed by atoms with van der Waals surface area (Å²) in [4.78, 5) is 12.8. The molecule has 2 atom stereocenters. The Morgan fingerprint density at radius 3 is 2.88 bits per heavy atom. The van der Waals surface area contributed by atoms with Gasteiger partial charge in [-0.15, -0.1) is 0 Å². The Balaban J connectivity index is 1.77. The molecule has 138 valence electrons. The molecule has 0 bridgehead atoms. The van der Waals surface area contributed by atoms with Gasteiger partial charge in [0.2, 0.25) is 0 Å². The third kappa shape index (κ3) is 4.29. The number of hydrogen-bond acceptors (Lipinski definition) is 3. The molecule has 2 aromatic rings. The van der Waals surface area contributed by atoms with Gasteiger partial charge in [-0.2, -0.15) is 0 Å². The van der Waals surface area contributed by atoms with Crippen LogP contribution < -0.4 is 5.32 Å². The fourth-order valence-corrected chi connectivity index (χ4v) is 3.24. The number of aryl methyl sites for hydroxylation is 1. The number of hydrogen-bond donors (Lipinski definition) is 1. The number of carbonyl (C=O) groups is 1. The van der Waals surface area contributed by atoms with Gasteiger partial charge in [0.25, 0.3) is 5.91 Å². The zero-order valence-electron chi connectivity index (χ0n) is 15.1. The number of methoxy groups -OCH3 is 1.